The van der Waals surface area contributed by atoms with E-state index in [1.54, 1.807) is 23.5 Å². The molecular weight excluding hydrogens is 249 g/mol. The zero-order chi connectivity index (χ0) is 13.1. The second-order valence-electron chi connectivity index (χ2n) is 4.32. The third-order valence-electron chi connectivity index (χ3n) is 2.62. The van der Waals surface area contributed by atoms with Gasteiger partial charge in [-0.2, -0.15) is 0 Å². The highest BCUT2D eigenvalue weighted by Gasteiger charge is 2.09. The zero-order valence-corrected chi connectivity index (χ0v) is 11.2. The predicted octanol–water partition coefficient (Wildman–Crippen LogP) is 2.94. The van der Waals surface area contributed by atoms with Gasteiger partial charge >= 0.3 is 0 Å². The van der Waals surface area contributed by atoms with Gasteiger partial charge in [0.15, 0.2) is 5.13 Å². The van der Waals surface area contributed by atoms with E-state index in [1.165, 1.54) is 12.1 Å². The molecule has 0 amide bonds. The van der Waals surface area contributed by atoms with Crippen LogP contribution in [0.3, 0.4) is 0 Å². The fraction of sp³-hybridized carbons (Fsp3) is 0.308. The molecule has 1 aromatic heterocycles. The van der Waals surface area contributed by atoms with Crippen LogP contribution in [0.15, 0.2) is 30.5 Å². The van der Waals surface area contributed by atoms with Crippen LogP contribution in [0.25, 0.3) is 0 Å². The minimum Gasteiger partial charge on any atom is -0.347 e. The molecule has 1 unspecified atom stereocenters. The Bertz CT molecular complexity index is 507. The third kappa shape index (κ3) is 3.05. The first-order valence-electron chi connectivity index (χ1n) is 5.73. The molecule has 96 valence electrons. The van der Waals surface area contributed by atoms with E-state index in [0.717, 1.165) is 15.6 Å². The molecule has 0 aliphatic rings. The Balaban J connectivity index is 2.06. The Labute approximate surface area is 110 Å². The first kappa shape index (κ1) is 13.0. The van der Waals surface area contributed by atoms with Crippen molar-refractivity contribution in [2.75, 3.05) is 11.9 Å². The van der Waals surface area contributed by atoms with E-state index < -0.39 is 0 Å². The molecule has 5 heteroatoms. The lowest BCUT2D eigenvalue weighted by atomic mass is 10.2. The summed E-state index contributed by atoms with van der Waals surface area (Å²) in [6, 6.07) is 6.52. The van der Waals surface area contributed by atoms with Crippen molar-refractivity contribution >= 4 is 16.5 Å². The van der Waals surface area contributed by atoms with Gasteiger partial charge in [0.25, 0.3) is 0 Å². The molecule has 0 saturated carbocycles. The fourth-order valence-corrected chi connectivity index (χ4v) is 2.42. The van der Waals surface area contributed by atoms with Gasteiger partial charge in [0.05, 0.1) is 0 Å². The molecule has 2 aromatic rings. The summed E-state index contributed by atoms with van der Waals surface area (Å²) in [7, 11) is 1.97. The Kier molecular flexibility index (Phi) is 3.93. The number of aromatic nitrogens is 1. The number of hydrogen-bond donors (Lipinski definition) is 1. The number of anilines is 1. The summed E-state index contributed by atoms with van der Waals surface area (Å²) in [5.74, 6) is -0.213. The Morgan fingerprint density at radius 3 is 2.61 bits per heavy atom. The molecule has 1 atom stereocenters. The van der Waals surface area contributed by atoms with Crippen LogP contribution >= 0.6 is 11.3 Å². The quantitative estimate of drug-likeness (QED) is 0.924. The van der Waals surface area contributed by atoms with E-state index in [0.29, 0.717) is 6.54 Å². The van der Waals surface area contributed by atoms with Gasteiger partial charge in [-0.15, -0.1) is 11.3 Å². The molecule has 3 nitrogen and oxygen atoms in total. The largest absolute Gasteiger partial charge is 0.347 e. The SMILES string of the molecule is CC(N)c1cnc(N(C)Cc2ccc(F)cc2)s1. The summed E-state index contributed by atoms with van der Waals surface area (Å²) in [5, 5.41) is 0.923. The van der Waals surface area contributed by atoms with Gasteiger partial charge in [-0.3, -0.25) is 0 Å². The number of nitrogens with two attached hydrogens (primary N) is 1. The topological polar surface area (TPSA) is 42.1 Å². The first-order valence-corrected chi connectivity index (χ1v) is 6.55. The lowest BCUT2D eigenvalue weighted by molar-refractivity contribution is 0.627. The zero-order valence-electron chi connectivity index (χ0n) is 10.4. The number of nitrogens with zero attached hydrogens (tertiary/aromatic N) is 2. The normalized spacial score (nSPS) is 12.4. The van der Waals surface area contributed by atoms with Gasteiger partial charge in [0, 0.05) is 30.7 Å². The Morgan fingerprint density at radius 2 is 2.06 bits per heavy atom. The minimum atomic E-state index is -0.213. The van der Waals surface area contributed by atoms with Gasteiger partial charge in [-0.05, 0) is 24.6 Å². The van der Waals surface area contributed by atoms with E-state index in [9.17, 15) is 4.39 Å². The van der Waals surface area contributed by atoms with Gasteiger partial charge in [-0.25, -0.2) is 9.37 Å². The molecular formula is C13H16FN3S. The second-order valence-corrected chi connectivity index (χ2v) is 5.36. The van der Waals surface area contributed by atoms with Crippen LogP contribution in [-0.2, 0) is 6.54 Å². The molecule has 0 saturated heterocycles. The van der Waals surface area contributed by atoms with Crippen molar-refractivity contribution in [2.45, 2.75) is 19.5 Å². The number of rotatable bonds is 4. The standard InChI is InChI=1S/C13H16FN3S/c1-9(15)12-7-16-13(18-12)17(2)8-10-3-5-11(14)6-4-10/h3-7,9H,8,15H2,1-2H3. The summed E-state index contributed by atoms with van der Waals surface area (Å²) >= 11 is 1.59. The average Bonchev–Trinajstić information content (AvgIpc) is 2.81. The van der Waals surface area contributed by atoms with Crippen LogP contribution in [0.4, 0.5) is 9.52 Å². The molecule has 1 aromatic carbocycles. The van der Waals surface area contributed by atoms with Crippen LogP contribution < -0.4 is 10.6 Å². The van der Waals surface area contributed by atoms with Gasteiger partial charge < -0.3 is 10.6 Å². The Hall–Kier alpha value is -1.46. The molecule has 1 heterocycles. The molecule has 0 spiro atoms. The van der Waals surface area contributed by atoms with Gasteiger partial charge in [0.1, 0.15) is 5.82 Å². The molecule has 2 rings (SSSR count). The Morgan fingerprint density at radius 1 is 1.39 bits per heavy atom. The first-order chi connectivity index (χ1) is 8.56. The van der Waals surface area contributed by atoms with Crippen molar-refractivity contribution in [3.8, 4) is 0 Å². The van der Waals surface area contributed by atoms with Crippen molar-refractivity contribution in [3.63, 3.8) is 0 Å². The van der Waals surface area contributed by atoms with Crippen molar-refractivity contribution in [1.82, 2.24) is 4.98 Å². The van der Waals surface area contributed by atoms with E-state index in [4.69, 9.17) is 5.73 Å². The molecule has 0 fully saturated rings. The van der Waals surface area contributed by atoms with Crippen molar-refractivity contribution in [2.24, 2.45) is 5.73 Å². The van der Waals surface area contributed by atoms with Gasteiger partial charge in [-0.1, -0.05) is 12.1 Å². The summed E-state index contributed by atoms with van der Waals surface area (Å²) in [5.41, 5.74) is 6.86. The maximum absolute atomic E-state index is 12.8. The van der Waals surface area contributed by atoms with E-state index >= 15 is 0 Å². The highest BCUT2D eigenvalue weighted by Crippen LogP contribution is 2.26. The lowest BCUT2D eigenvalue weighted by Gasteiger charge is -2.15. The second kappa shape index (κ2) is 5.46. The maximum atomic E-state index is 12.8. The minimum absolute atomic E-state index is 0.00970. The average molecular weight is 265 g/mol. The van der Waals surface area contributed by atoms with Crippen LogP contribution in [0, 0.1) is 5.82 Å². The van der Waals surface area contributed by atoms with Crippen LogP contribution in [0.1, 0.15) is 23.4 Å². The highest BCUT2D eigenvalue weighted by atomic mass is 32.1. The summed E-state index contributed by atoms with van der Waals surface area (Å²) in [6.07, 6.45) is 1.81. The van der Waals surface area contributed by atoms with E-state index in [-0.39, 0.29) is 11.9 Å². The van der Waals surface area contributed by atoms with Gasteiger partial charge in [0.2, 0.25) is 0 Å². The van der Waals surface area contributed by atoms with Crippen molar-refractivity contribution in [3.05, 3.63) is 46.7 Å². The monoisotopic (exact) mass is 265 g/mol. The van der Waals surface area contributed by atoms with E-state index in [2.05, 4.69) is 4.98 Å². The summed E-state index contributed by atoms with van der Waals surface area (Å²) < 4.78 is 12.8. The molecule has 0 bridgehead atoms. The van der Waals surface area contributed by atoms with E-state index in [1.807, 2.05) is 25.1 Å². The molecule has 2 N–H and O–H groups in total. The maximum Gasteiger partial charge on any atom is 0.185 e. The number of thiazole rings is 1. The van der Waals surface area contributed by atoms with Crippen molar-refractivity contribution < 1.29 is 4.39 Å². The number of halogens is 1. The third-order valence-corrected chi connectivity index (χ3v) is 3.93. The smallest absolute Gasteiger partial charge is 0.185 e. The van der Waals surface area contributed by atoms with Crippen LogP contribution in [0.2, 0.25) is 0 Å². The summed E-state index contributed by atoms with van der Waals surface area (Å²) in [4.78, 5) is 7.44. The predicted molar refractivity (Wildman–Crippen MR) is 73.2 cm³/mol. The summed E-state index contributed by atoms with van der Waals surface area (Å²) in [6.45, 7) is 2.64. The molecule has 0 radical (unpaired) electrons. The lowest BCUT2D eigenvalue weighted by Crippen LogP contribution is -2.15. The molecule has 0 aliphatic carbocycles. The van der Waals surface area contributed by atoms with Crippen LogP contribution in [-0.4, -0.2) is 12.0 Å². The highest BCUT2D eigenvalue weighted by molar-refractivity contribution is 7.15. The van der Waals surface area contributed by atoms with Crippen molar-refractivity contribution in [1.29, 1.82) is 0 Å². The molecule has 0 aliphatic heterocycles. The van der Waals surface area contributed by atoms with Crippen LogP contribution in [0.5, 0.6) is 0 Å². The number of benzene rings is 1. The fourth-order valence-electron chi connectivity index (χ4n) is 1.60. The number of hydrogen-bond acceptors (Lipinski definition) is 4. The molecule has 18 heavy (non-hydrogen) atoms.